The Morgan fingerprint density at radius 3 is 2.69 bits per heavy atom. The molecule has 0 amide bonds. The van der Waals surface area contributed by atoms with Crippen LogP contribution in [0.3, 0.4) is 0 Å². The fourth-order valence-corrected chi connectivity index (χ4v) is 5.29. The zero-order valence-corrected chi connectivity index (χ0v) is 21.3. The Balaban J connectivity index is 1.43. The van der Waals surface area contributed by atoms with Crippen molar-refractivity contribution in [2.24, 2.45) is 0 Å². The molecule has 0 radical (unpaired) electrons. The topological polar surface area (TPSA) is 103 Å². The maximum atomic E-state index is 5.99. The van der Waals surface area contributed by atoms with E-state index in [1.165, 1.54) is 10.3 Å². The smallest absolute Gasteiger partial charge is 0.223 e. The highest BCUT2D eigenvalue weighted by atomic mass is 32.1. The van der Waals surface area contributed by atoms with Crippen LogP contribution in [0.5, 0.6) is 0 Å². The quantitative estimate of drug-likeness (QED) is 0.403. The lowest BCUT2D eigenvalue weighted by atomic mass is 9.93. The van der Waals surface area contributed by atoms with E-state index < -0.39 is 0 Å². The zero-order valence-electron chi connectivity index (χ0n) is 20.4. The fraction of sp³-hybridized carbons (Fsp3) is 0.423. The number of pyridine rings is 1. The maximum absolute atomic E-state index is 5.99. The lowest BCUT2D eigenvalue weighted by molar-refractivity contribution is 0.0198. The second kappa shape index (κ2) is 10.3. The number of morpholine rings is 1. The molecule has 35 heavy (non-hydrogen) atoms. The van der Waals surface area contributed by atoms with Gasteiger partial charge in [0.1, 0.15) is 5.82 Å². The highest BCUT2D eigenvalue weighted by Crippen LogP contribution is 2.30. The van der Waals surface area contributed by atoms with Gasteiger partial charge in [0.15, 0.2) is 5.82 Å². The van der Waals surface area contributed by atoms with E-state index in [4.69, 9.17) is 15.5 Å². The molecule has 0 spiro atoms. The Bertz CT molecular complexity index is 1300. The minimum Gasteiger partial charge on any atom is -0.379 e. The van der Waals surface area contributed by atoms with Gasteiger partial charge in [-0.15, -0.1) is 11.3 Å². The molecule has 0 bridgehead atoms. The molecule has 8 nitrogen and oxygen atoms in total. The van der Waals surface area contributed by atoms with Crippen LogP contribution in [0, 0.1) is 6.92 Å². The van der Waals surface area contributed by atoms with Gasteiger partial charge in [-0.25, -0.2) is 9.97 Å². The van der Waals surface area contributed by atoms with Crippen molar-refractivity contribution < 1.29 is 4.74 Å². The monoisotopic (exact) mass is 489 g/mol. The number of thiazole rings is 1. The van der Waals surface area contributed by atoms with E-state index >= 15 is 0 Å². The number of nitrogens with zero attached hydrogens (tertiary/aromatic N) is 6. The largest absolute Gasteiger partial charge is 0.379 e. The highest BCUT2D eigenvalue weighted by Gasteiger charge is 2.21. The van der Waals surface area contributed by atoms with Gasteiger partial charge in [-0.1, -0.05) is 13.0 Å². The first-order chi connectivity index (χ1) is 17.0. The van der Waals surface area contributed by atoms with Crippen molar-refractivity contribution in [2.45, 2.75) is 45.6 Å². The predicted molar refractivity (Wildman–Crippen MR) is 139 cm³/mol. The van der Waals surface area contributed by atoms with Gasteiger partial charge >= 0.3 is 0 Å². The van der Waals surface area contributed by atoms with E-state index in [1.54, 1.807) is 11.3 Å². The molecule has 5 rings (SSSR count). The second-order valence-corrected chi connectivity index (χ2v) is 10.1. The maximum Gasteiger partial charge on any atom is 0.223 e. The van der Waals surface area contributed by atoms with Gasteiger partial charge < -0.3 is 10.5 Å². The van der Waals surface area contributed by atoms with E-state index in [0.29, 0.717) is 17.6 Å². The molecule has 4 aromatic rings. The molecule has 2 N–H and O–H groups in total. The summed E-state index contributed by atoms with van der Waals surface area (Å²) in [6, 6.07) is 8.99. The van der Waals surface area contributed by atoms with Crippen molar-refractivity contribution in [3.8, 4) is 11.4 Å². The molecule has 1 aliphatic heterocycles. The first kappa shape index (κ1) is 23.7. The third-order valence-electron chi connectivity index (χ3n) is 6.81. The van der Waals surface area contributed by atoms with Crippen molar-refractivity contribution in [3.63, 3.8) is 0 Å². The Morgan fingerprint density at radius 2 is 1.89 bits per heavy atom. The first-order valence-electron chi connectivity index (χ1n) is 12.1. The fourth-order valence-electron chi connectivity index (χ4n) is 4.63. The molecule has 3 aromatic heterocycles. The Morgan fingerprint density at radius 1 is 1.06 bits per heavy atom. The number of rotatable bonds is 7. The average Bonchev–Trinajstić information content (AvgIpc) is 3.35. The Kier molecular flexibility index (Phi) is 6.99. The van der Waals surface area contributed by atoms with Crippen LogP contribution in [0.25, 0.3) is 21.6 Å². The van der Waals surface area contributed by atoms with E-state index in [0.717, 1.165) is 61.5 Å². The first-order valence-corrected chi connectivity index (χ1v) is 13.0. The molecule has 2 atom stereocenters. The van der Waals surface area contributed by atoms with Crippen molar-refractivity contribution in [1.29, 1.82) is 0 Å². The van der Waals surface area contributed by atoms with E-state index in [9.17, 15) is 0 Å². The predicted octanol–water partition coefficient (Wildman–Crippen LogP) is 4.56. The van der Waals surface area contributed by atoms with E-state index in [2.05, 4.69) is 62.9 Å². The third-order valence-corrected chi connectivity index (χ3v) is 7.62. The summed E-state index contributed by atoms with van der Waals surface area (Å²) in [7, 11) is 0. The number of nitrogen functional groups attached to an aromatic ring is 1. The lowest BCUT2D eigenvalue weighted by Gasteiger charge is -2.32. The van der Waals surface area contributed by atoms with Crippen LogP contribution in [0.4, 0.5) is 5.95 Å². The number of nitrogens with two attached hydrogens (primary N) is 1. The van der Waals surface area contributed by atoms with Crippen LogP contribution in [0.1, 0.15) is 54.9 Å². The number of anilines is 1. The highest BCUT2D eigenvalue weighted by molar-refractivity contribution is 7.16. The summed E-state index contributed by atoms with van der Waals surface area (Å²) >= 11 is 1.67. The lowest BCUT2D eigenvalue weighted by Crippen LogP contribution is -2.38. The van der Waals surface area contributed by atoms with Crippen LogP contribution in [0.2, 0.25) is 0 Å². The molecule has 1 aliphatic rings. The van der Waals surface area contributed by atoms with Gasteiger partial charge in [0.25, 0.3) is 0 Å². The van der Waals surface area contributed by atoms with Gasteiger partial charge in [-0.2, -0.15) is 9.97 Å². The number of ether oxygens (including phenoxy) is 1. The Labute approximate surface area is 209 Å². The molecule has 1 fully saturated rings. The molecule has 4 heterocycles. The molecular weight excluding hydrogens is 458 g/mol. The normalized spacial score (nSPS) is 16.4. The molecule has 1 saturated heterocycles. The SMILES string of the molecule is Cc1nc(N)nc(-c2cc(C(C)N3CCOCC3)cnc2CCC(C)c2ccc3scnc3c2)n1. The molecule has 2 unspecified atom stereocenters. The zero-order chi connectivity index (χ0) is 24.4. The number of aryl methyl sites for hydroxylation is 2. The van der Waals surface area contributed by atoms with Gasteiger partial charge in [0.2, 0.25) is 5.95 Å². The minimum atomic E-state index is 0.225. The van der Waals surface area contributed by atoms with Gasteiger partial charge in [-0.3, -0.25) is 9.88 Å². The minimum absolute atomic E-state index is 0.225. The second-order valence-electron chi connectivity index (χ2n) is 9.17. The molecule has 0 aliphatic carbocycles. The summed E-state index contributed by atoms with van der Waals surface area (Å²) in [5.74, 6) is 1.79. The molecule has 1 aromatic carbocycles. The third kappa shape index (κ3) is 5.32. The van der Waals surface area contributed by atoms with Crippen LogP contribution < -0.4 is 5.73 Å². The van der Waals surface area contributed by atoms with E-state index in [1.807, 2.05) is 18.6 Å². The van der Waals surface area contributed by atoms with Gasteiger partial charge in [0.05, 0.1) is 34.6 Å². The average molecular weight is 490 g/mol. The van der Waals surface area contributed by atoms with Crippen LogP contribution >= 0.6 is 11.3 Å². The summed E-state index contributed by atoms with van der Waals surface area (Å²) in [5.41, 5.74) is 13.3. The van der Waals surface area contributed by atoms with Crippen molar-refractivity contribution in [3.05, 3.63) is 58.6 Å². The van der Waals surface area contributed by atoms with Crippen LogP contribution in [-0.2, 0) is 11.2 Å². The molecule has 0 saturated carbocycles. The Hall–Kier alpha value is -3.01. The van der Waals surface area contributed by atoms with Gasteiger partial charge in [0, 0.05) is 30.9 Å². The number of hydrogen-bond acceptors (Lipinski definition) is 9. The van der Waals surface area contributed by atoms with Crippen molar-refractivity contribution >= 4 is 27.5 Å². The summed E-state index contributed by atoms with van der Waals surface area (Å²) < 4.78 is 6.75. The van der Waals surface area contributed by atoms with E-state index in [-0.39, 0.29) is 12.0 Å². The van der Waals surface area contributed by atoms with Crippen molar-refractivity contribution in [1.82, 2.24) is 29.8 Å². The molecule has 182 valence electrons. The van der Waals surface area contributed by atoms with Crippen molar-refractivity contribution in [2.75, 3.05) is 32.0 Å². The van der Waals surface area contributed by atoms with Crippen LogP contribution in [0.15, 0.2) is 36.0 Å². The molecule has 9 heteroatoms. The standard InChI is InChI=1S/C26H31N7OS/c1-16(19-5-7-24-23(13-19)29-15-35-24)4-6-22-21(25-30-18(3)31-26(27)32-25)12-20(14-28-22)17(2)33-8-10-34-11-9-33/h5,7,12-17H,4,6,8-11H2,1-3H3,(H2,27,30,31,32). The summed E-state index contributed by atoms with van der Waals surface area (Å²) in [6.07, 6.45) is 3.76. The summed E-state index contributed by atoms with van der Waals surface area (Å²) in [5, 5.41) is 0. The number of benzene rings is 1. The van der Waals surface area contributed by atoms with Gasteiger partial charge in [-0.05, 0) is 61.9 Å². The summed E-state index contributed by atoms with van der Waals surface area (Å²) in [6.45, 7) is 9.66. The number of aromatic nitrogens is 5. The molecular formula is C26H31N7OS. The summed E-state index contributed by atoms with van der Waals surface area (Å²) in [4.78, 5) is 25.1. The number of fused-ring (bicyclic) bond motifs is 1. The van der Waals surface area contributed by atoms with Crippen LogP contribution in [-0.4, -0.2) is 56.1 Å². The number of hydrogen-bond donors (Lipinski definition) is 1.